The molecule has 0 saturated carbocycles. The summed E-state index contributed by atoms with van der Waals surface area (Å²) in [6, 6.07) is 4.70. The number of aldehydes is 1. The molecule has 0 heterocycles. The van der Waals surface area contributed by atoms with Gasteiger partial charge in [-0.15, -0.1) is 0 Å². The summed E-state index contributed by atoms with van der Waals surface area (Å²) < 4.78 is 0. The van der Waals surface area contributed by atoms with E-state index in [0.29, 0.717) is 35.2 Å². The Hall–Kier alpha value is -3.19. The van der Waals surface area contributed by atoms with E-state index in [1.54, 1.807) is 18.2 Å². The van der Waals surface area contributed by atoms with Crippen LogP contribution in [0, 0.1) is 0 Å². The molecule has 1 aromatic carbocycles. The highest BCUT2D eigenvalue weighted by molar-refractivity contribution is 5.94. The lowest BCUT2D eigenvalue weighted by atomic mass is 9.68. The van der Waals surface area contributed by atoms with Crippen molar-refractivity contribution in [2.24, 2.45) is 11.5 Å². The number of benzene rings is 1. The van der Waals surface area contributed by atoms with Crippen LogP contribution in [0.1, 0.15) is 55.1 Å². The van der Waals surface area contributed by atoms with Gasteiger partial charge in [0.2, 0.25) is 5.91 Å². The molecule has 2 rings (SSSR count). The maximum atomic E-state index is 12.9. The van der Waals surface area contributed by atoms with Crippen LogP contribution in [0.15, 0.2) is 53.3 Å². The van der Waals surface area contributed by atoms with Gasteiger partial charge in [0.05, 0.1) is 6.54 Å². The number of aliphatic carboxylic acids is 1. The Morgan fingerprint density at radius 2 is 2.00 bits per heavy atom. The number of carbonyl (C=O) groups excluding carboxylic acids is 2. The molecule has 1 amide bonds. The first-order valence-corrected chi connectivity index (χ1v) is 10.2. The molecule has 0 saturated heterocycles. The minimum atomic E-state index is -1.35. The maximum Gasteiger partial charge on any atom is 0.318 e. The highest BCUT2D eigenvalue weighted by Gasteiger charge is 2.46. The number of nitrogens with one attached hydrogen (secondary N) is 1. The molecule has 31 heavy (non-hydrogen) atoms. The number of primary amides is 1. The van der Waals surface area contributed by atoms with Gasteiger partial charge in [-0.05, 0) is 80.0 Å². The molecule has 7 nitrogen and oxygen atoms in total. The van der Waals surface area contributed by atoms with Gasteiger partial charge in [-0.1, -0.05) is 18.7 Å². The first-order chi connectivity index (χ1) is 14.5. The van der Waals surface area contributed by atoms with Crippen molar-refractivity contribution >= 4 is 18.2 Å². The first kappa shape index (κ1) is 24.1. The van der Waals surface area contributed by atoms with Crippen molar-refractivity contribution in [3.05, 3.63) is 70.0 Å². The number of allylic oxidation sites excluding steroid dienone is 3. The quantitative estimate of drug-likeness (QED) is 0.354. The number of aryl methyl sites for hydroxylation is 1. The van der Waals surface area contributed by atoms with Gasteiger partial charge in [-0.3, -0.25) is 9.59 Å². The van der Waals surface area contributed by atoms with E-state index in [0.717, 1.165) is 23.0 Å². The summed E-state index contributed by atoms with van der Waals surface area (Å²) in [5.74, 6) is -1.55. The number of fused-ring (bicyclic) bond motifs is 1. The molecule has 7 heteroatoms. The number of amides is 1. The van der Waals surface area contributed by atoms with Crippen molar-refractivity contribution in [3.63, 3.8) is 0 Å². The molecule has 0 aliphatic heterocycles. The molecule has 0 fully saturated rings. The van der Waals surface area contributed by atoms with Crippen LogP contribution in [0.4, 0.5) is 0 Å². The third-order valence-electron chi connectivity index (χ3n) is 6.06. The summed E-state index contributed by atoms with van der Waals surface area (Å²) in [4.78, 5) is 35.5. The Morgan fingerprint density at radius 1 is 1.32 bits per heavy atom. The third-order valence-corrected chi connectivity index (χ3v) is 6.06. The second kappa shape index (κ2) is 9.75. The van der Waals surface area contributed by atoms with E-state index in [1.165, 1.54) is 0 Å². The average molecular weight is 426 g/mol. The van der Waals surface area contributed by atoms with Gasteiger partial charge in [0.15, 0.2) is 0 Å². The lowest BCUT2D eigenvalue weighted by Crippen LogP contribution is -2.44. The largest absolute Gasteiger partial charge is 0.480 e. The van der Waals surface area contributed by atoms with Crippen molar-refractivity contribution < 1.29 is 19.5 Å². The molecule has 0 radical (unpaired) electrons. The van der Waals surface area contributed by atoms with Crippen LogP contribution >= 0.6 is 0 Å². The molecule has 1 aliphatic carbocycles. The van der Waals surface area contributed by atoms with Gasteiger partial charge in [0.1, 0.15) is 11.7 Å². The lowest BCUT2D eigenvalue weighted by molar-refractivity contribution is -0.142. The normalized spacial score (nSPS) is 19.9. The highest BCUT2D eigenvalue weighted by atomic mass is 16.4. The molecular weight excluding hydrogens is 394 g/mol. The zero-order valence-electron chi connectivity index (χ0n) is 18.3. The van der Waals surface area contributed by atoms with Gasteiger partial charge >= 0.3 is 5.97 Å². The molecule has 0 bridgehead atoms. The number of carboxylic acids is 1. The van der Waals surface area contributed by atoms with E-state index in [-0.39, 0.29) is 19.0 Å². The SMILES string of the molecule is C=C(N)/C(C)=C/C1=C(C)C(C[C@@H](C)NCC=O)(C(=O)O)c2ccc(C(N)=O)cc2CC1. The number of hydrogen-bond acceptors (Lipinski definition) is 5. The van der Waals surface area contributed by atoms with E-state index in [2.05, 4.69) is 11.9 Å². The summed E-state index contributed by atoms with van der Waals surface area (Å²) in [6.45, 7) is 9.42. The second-order valence-corrected chi connectivity index (χ2v) is 8.13. The number of rotatable bonds is 9. The molecule has 0 aromatic heterocycles. The first-order valence-electron chi connectivity index (χ1n) is 10.2. The number of hydrogen-bond donors (Lipinski definition) is 4. The van der Waals surface area contributed by atoms with Crippen molar-refractivity contribution in [2.75, 3.05) is 6.54 Å². The highest BCUT2D eigenvalue weighted by Crippen LogP contribution is 2.44. The van der Waals surface area contributed by atoms with Gasteiger partial charge in [-0.2, -0.15) is 0 Å². The van der Waals surface area contributed by atoms with Crippen LogP contribution in [0.25, 0.3) is 0 Å². The van der Waals surface area contributed by atoms with Gasteiger partial charge in [0.25, 0.3) is 0 Å². The molecule has 2 atom stereocenters. The summed E-state index contributed by atoms with van der Waals surface area (Å²) >= 11 is 0. The van der Waals surface area contributed by atoms with Crippen LogP contribution in [-0.4, -0.2) is 35.9 Å². The van der Waals surface area contributed by atoms with Crippen LogP contribution in [0.5, 0.6) is 0 Å². The number of carboxylic acid groups (broad SMARTS) is 1. The van der Waals surface area contributed by atoms with E-state index in [1.807, 2.05) is 26.8 Å². The molecule has 0 spiro atoms. The topological polar surface area (TPSA) is 136 Å². The number of nitrogens with two attached hydrogens (primary N) is 2. The zero-order valence-corrected chi connectivity index (χ0v) is 18.3. The zero-order chi connectivity index (χ0) is 23.3. The fourth-order valence-electron chi connectivity index (χ4n) is 4.24. The van der Waals surface area contributed by atoms with Crippen LogP contribution in [-0.2, 0) is 21.4 Å². The molecule has 6 N–H and O–H groups in total. The van der Waals surface area contributed by atoms with E-state index < -0.39 is 17.3 Å². The summed E-state index contributed by atoms with van der Waals surface area (Å²) in [5.41, 5.74) is 14.5. The Kier molecular flexibility index (Phi) is 7.57. The third kappa shape index (κ3) is 4.94. The minimum absolute atomic E-state index is 0.131. The van der Waals surface area contributed by atoms with E-state index in [4.69, 9.17) is 11.5 Å². The Balaban J connectivity index is 2.79. The number of carbonyl (C=O) groups is 3. The molecule has 1 aromatic rings. The molecule has 1 aliphatic rings. The Morgan fingerprint density at radius 3 is 2.55 bits per heavy atom. The smallest absolute Gasteiger partial charge is 0.318 e. The van der Waals surface area contributed by atoms with Crippen molar-refractivity contribution in [3.8, 4) is 0 Å². The summed E-state index contributed by atoms with van der Waals surface area (Å²) in [6.07, 6.45) is 3.99. The Labute approximate surface area is 182 Å². The van der Waals surface area contributed by atoms with Gasteiger partial charge in [0, 0.05) is 17.3 Å². The van der Waals surface area contributed by atoms with Crippen molar-refractivity contribution in [1.29, 1.82) is 0 Å². The van der Waals surface area contributed by atoms with Crippen molar-refractivity contribution in [1.82, 2.24) is 5.32 Å². The molecule has 1 unspecified atom stereocenters. The van der Waals surface area contributed by atoms with Crippen molar-refractivity contribution in [2.45, 2.75) is 51.5 Å². The Bertz CT molecular complexity index is 977. The minimum Gasteiger partial charge on any atom is -0.480 e. The van der Waals surface area contributed by atoms with Crippen LogP contribution in [0.2, 0.25) is 0 Å². The standard InChI is InChI=1S/C24H31N3O4/c1-14(17(4)25)11-18-5-6-19-12-20(22(26)29)7-8-21(19)24(16(18)3,23(30)31)13-15(2)27-9-10-28/h7-8,10-12,15,27H,4-6,9,13,25H2,1-3H3,(H2,26,29)(H,30,31)/b14-11+/t15-,24?/m1/s1. The van der Waals surface area contributed by atoms with Crippen LogP contribution in [0.3, 0.4) is 0 Å². The van der Waals surface area contributed by atoms with Gasteiger partial charge < -0.3 is 26.7 Å². The second-order valence-electron chi connectivity index (χ2n) is 8.13. The summed E-state index contributed by atoms with van der Waals surface area (Å²) in [5, 5.41) is 13.6. The van der Waals surface area contributed by atoms with E-state index >= 15 is 0 Å². The average Bonchev–Trinajstić information content (AvgIpc) is 2.82. The lowest BCUT2D eigenvalue weighted by Gasteiger charge is -2.35. The maximum absolute atomic E-state index is 12.9. The van der Waals surface area contributed by atoms with E-state index in [9.17, 15) is 19.5 Å². The fourth-order valence-corrected chi connectivity index (χ4v) is 4.24. The van der Waals surface area contributed by atoms with Gasteiger partial charge in [-0.25, -0.2) is 0 Å². The predicted molar refractivity (Wildman–Crippen MR) is 121 cm³/mol. The molecular formula is C24H31N3O4. The van der Waals surface area contributed by atoms with Crippen LogP contribution < -0.4 is 16.8 Å². The predicted octanol–water partition coefficient (Wildman–Crippen LogP) is 2.36. The fraction of sp³-hybridized carbons (Fsp3) is 0.375. The molecule has 166 valence electrons. The monoisotopic (exact) mass is 425 g/mol. The summed E-state index contributed by atoms with van der Waals surface area (Å²) in [7, 11) is 0.